The lowest BCUT2D eigenvalue weighted by Crippen LogP contribution is -2.44. The van der Waals surface area contributed by atoms with Crippen molar-refractivity contribution in [3.05, 3.63) is 42.1 Å². The molecule has 0 aliphatic carbocycles. The molecular formula is C15H14F3N3O2S. The minimum atomic E-state index is -4.41. The molecule has 2 aromatic heterocycles. The summed E-state index contributed by atoms with van der Waals surface area (Å²) in [6.07, 6.45) is -0.926. The molecule has 0 aromatic carbocycles. The molecule has 1 aliphatic rings. The Hall–Kier alpha value is -2.03. The summed E-state index contributed by atoms with van der Waals surface area (Å²) < 4.78 is 44.3. The number of carbonyl (C=O) groups is 1. The molecule has 0 saturated carbocycles. The first-order valence-corrected chi connectivity index (χ1v) is 8.30. The lowest BCUT2D eigenvalue weighted by molar-refractivity contribution is -0.169. The molecular weight excluding hydrogens is 343 g/mol. The zero-order chi connectivity index (χ0) is 17.2. The SMILES string of the molecule is O=C(c1ccc(CSc2ncccn2)o1)N1CCC[C@@H]1C(F)(F)F. The molecule has 1 atom stereocenters. The van der Waals surface area contributed by atoms with E-state index in [1.807, 2.05) is 0 Å². The van der Waals surface area contributed by atoms with Gasteiger partial charge in [0.25, 0.3) is 5.91 Å². The predicted octanol–water partition coefficient (Wildman–Crippen LogP) is 3.53. The molecule has 1 fully saturated rings. The number of likely N-dealkylation sites (tertiary alicyclic amines) is 1. The summed E-state index contributed by atoms with van der Waals surface area (Å²) in [6.45, 7) is 0.0889. The first kappa shape index (κ1) is 16.8. The van der Waals surface area contributed by atoms with Crippen molar-refractivity contribution in [3.63, 3.8) is 0 Å². The van der Waals surface area contributed by atoms with E-state index in [0.717, 1.165) is 4.90 Å². The van der Waals surface area contributed by atoms with E-state index in [-0.39, 0.29) is 18.7 Å². The Morgan fingerprint density at radius 3 is 2.79 bits per heavy atom. The number of aromatic nitrogens is 2. The molecule has 24 heavy (non-hydrogen) atoms. The summed E-state index contributed by atoms with van der Waals surface area (Å²) >= 11 is 1.31. The predicted molar refractivity (Wildman–Crippen MR) is 80.4 cm³/mol. The molecule has 0 radical (unpaired) electrons. The van der Waals surface area contributed by atoms with Gasteiger partial charge in [0.1, 0.15) is 11.8 Å². The number of halogens is 3. The molecule has 9 heteroatoms. The van der Waals surface area contributed by atoms with Gasteiger partial charge < -0.3 is 9.32 Å². The van der Waals surface area contributed by atoms with Crippen LogP contribution in [0.1, 0.15) is 29.2 Å². The third-order valence-electron chi connectivity index (χ3n) is 3.65. The lowest BCUT2D eigenvalue weighted by atomic mass is 10.2. The monoisotopic (exact) mass is 357 g/mol. The first-order valence-electron chi connectivity index (χ1n) is 7.31. The van der Waals surface area contributed by atoms with E-state index in [1.165, 1.54) is 17.8 Å². The molecule has 0 N–H and O–H groups in total. The maximum Gasteiger partial charge on any atom is 0.408 e. The second-order valence-corrected chi connectivity index (χ2v) is 6.23. The maximum absolute atomic E-state index is 13.0. The molecule has 1 saturated heterocycles. The third-order valence-corrected chi connectivity index (χ3v) is 4.55. The number of hydrogen-bond donors (Lipinski definition) is 0. The Kier molecular flexibility index (Phi) is 4.79. The minimum absolute atomic E-state index is 0.0655. The zero-order valence-electron chi connectivity index (χ0n) is 12.5. The molecule has 0 bridgehead atoms. The molecule has 1 aliphatic heterocycles. The van der Waals surface area contributed by atoms with E-state index in [0.29, 0.717) is 23.1 Å². The van der Waals surface area contributed by atoms with Crippen LogP contribution in [0.2, 0.25) is 0 Å². The summed E-state index contributed by atoms with van der Waals surface area (Å²) in [5, 5.41) is 0.554. The molecule has 1 amide bonds. The van der Waals surface area contributed by atoms with Crippen LogP contribution in [0.4, 0.5) is 13.2 Å². The highest BCUT2D eigenvalue weighted by atomic mass is 32.2. The van der Waals surface area contributed by atoms with Gasteiger partial charge in [0.05, 0.1) is 5.75 Å². The Morgan fingerprint density at radius 1 is 1.33 bits per heavy atom. The van der Waals surface area contributed by atoms with E-state index in [4.69, 9.17) is 4.42 Å². The van der Waals surface area contributed by atoms with Gasteiger partial charge >= 0.3 is 6.18 Å². The van der Waals surface area contributed by atoms with E-state index in [2.05, 4.69) is 9.97 Å². The molecule has 0 unspecified atom stereocenters. The first-order chi connectivity index (χ1) is 11.4. The number of thioether (sulfide) groups is 1. The second kappa shape index (κ2) is 6.84. The van der Waals surface area contributed by atoms with Crippen molar-refractivity contribution in [2.45, 2.75) is 36.0 Å². The van der Waals surface area contributed by atoms with Crippen LogP contribution in [0.15, 0.2) is 40.2 Å². The number of nitrogens with zero attached hydrogens (tertiary/aromatic N) is 3. The van der Waals surface area contributed by atoms with Gasteiger partial charge in [-0.1, -0.05) is 11.8 Å². The smallest absolute Gasteiger partial charge is 0.408 e. The number of furan rings is 1. The van der Waals surface area contributed by atoms with Gasteiger partial charge in [-0.25, -0.2) is 9.97 Å². The lowest BCUT2D eigenvalue weighted by Gasteiger charge is -2.25. The number of amides is 1. The number of carbonyl (C=O) groups excluding carboxylic acids is 1. The average molecular weight is 357 g/mol. The van der Waals surface area contributed by atoms with Crippen molar-refractivity contribution in [1.29, 1.82) is 0 Å². The number of hydrogen-bond acceptors (Lipinski definition) is 5. The fraction of sp³-hybridized carbons (Fsp3) is 0.400. The van der Waals surface area contributed by atoms with Crippen LogP contribution in [0.25, 0.3) is 0 Å². The van der Waals surface area contributed by atoms with Crippen LogP contribution in [0.3, 0.4) is 0 Å². The Bertz CT molecular complexity index is 705. The van der Waals surface area contributed by atoms with Crippen LogP contribution in [0, 0.1) is 0 Å². The molecule has 5 nitrogen and oxygen atoms in total. The highest BCUT2D eigenvalue weighted by molar-refractivity contribution is 7.98. The third kappa shape index (κ3) is 3.72. The van der Waals surface area contributed by atoms with Gasteiger partial charge in [0.2, 0.25) is 0 Å². The van der Waals surface area contributed by atoms with Crippen LogP contribution in [-0.4, -0.2) is 39.5 Å². The summed E-state index contributed by atoms with van der Waals surface area (Å²) in [4.78, 5) is 21.2. The number of rotatable bonds is 4. The van der Waals surface area contributed by atoms with Crippen LogP contribution in [0.5, 0.6) is 0 Å². The largest absolute Gasteiger partial charge is 0.455 e. The molecule has 128 valence electrons. The maximum atomic E-state index is 13.0. The molecule has 3 heterocycles. The summed E-state index contributed by atoms with van der Waals surface area (Å²) in [7, 11) is 0. The fourth-order valence-corrected chi connectivity index (χ4v) is 3.25. The molecule has 3 rings (SSSR count). The topological polar surface area (TPSA) is 59.2 Å². The zero-order valence-corrected chi connectivity index (χ0v) is 13.3. The quantitative estimate of drug-likeness (QED) is 0.619. The Morgan fingerprint density at radius 2 is 2.08 bits per heavy atom. The van der Waals surface area contributed by atoms with Crippen LogP contribution >= 0.6 is 11.8 Å². The second-order valence-electron chi connectivity index (χ2n) is 5.28. The van der Waals surface area contributed by atoms with Crippen molar-refractivity contribution in [1.82, 2.24) is 14.9 Å². The Labute approximate surface area is 140 Å². The minimum Gasteiger partial charge on any atom is -0.455 e. The van der Waals surface area contributed by atoms with Crippen molar-refractivity contribution in [2.24, 2.45) is 0 Å². The van der Waals surface area contributed by atoms with Crippen molar-refractivity contribution >= 4 is 17.7 Å². The van der Waals surface area contributed by atoms with Gasteiger partial charge in [-0.15, -0.1) is 0 Å². The van der Waals surface area contributed by atoms with Crippen molar-refractivity contribution < 1.29 is 22.4 Å². The van der Waals surface area contributed by atoms with E-state index >= 15 is 0 Å². The normalized spacial score (nSPS) is 18.1. The van der Waals surface area contributed by atoms with Gasteiger partial charge in [-0.3, -0.25) is 4.79 Å². The van der Waals surface area contributed by atoms with Gasteiger partial charge in [-0.2, -0.15) is 13.2 Å². The van der Waals surface area contributed by atoms with E-state index < -0.39 is 18.1 Å². The highest BCUT2D eigenvalue weighted by Crippen LogP contribution is 2.33. The summed E-state index contributed by atoms with van der Waals surface area (Å²) in [5.41, 5.74) is 0. The summed E-state index contributed by atoms with van der Waals surface area (Å²) in [6, 6.07) is 2.96. The van der Waals surface area contributed by atoms with Crippen molar-refractivity contribution in [2.75, 3.05) is 6.54 Å². The Balaban J connectivity index is 1.65. The molecule has 0 spiro atoms. The number of alkyl halides is 3. The van der Waals surface area contributed by atoms with Crippen molar-refractivity contribution in [3.8, 4) is 0 Å². The average Bonchev–Trinajstić information content (AvgIpc) is 3.22. The van der Waals surface area contributed by atoms with Gasteiger partial charge in [0.15, 0.2) is 10.9 Å². The van der Waals surface area contributed by atoms with Crippen LogP contribution < -0.4 is 0 Å². The van der Waals surface area contributed by atoms with Crippen LogP contribution in [-0.2, 0) is 5.75 Å². The highest BCUT2D eigenvalue weighted by Gasteiger charge is 2.48. The fourth-order valence-electron chi connectivity index (χ4n) is 2.56. The van der Waals surface area contributed by atoms with Gasteiger partial charge in [-0.05, 0) is 31.0 Å². The molecule has 2 aromatic rings. The van der Waals surface area contributed by atoms with E-state index in [1.54, 1.807) is 24.5 Å². The van der Waals surface area contributed by atoms with E-state index in [9.17, 15) is 18.0 Å². The summed E-state index contributed by atoms with van der Waals surface area (Å²) in [5.74, 6) is 0.0799. The standard InChI is InChI=1S/C15H14F3N3O2S/c16-15(17,18)12-3-1-8-21(12)13(22)11-5-4-10(23-11)9-24-14-19-6-2-7-20-14/h2,4-7,12H,1,3,8-9H2/t12-/m1/s1. The van der Waals surface area contributed by atoms with Gasteiger partial charge in [0, 0.05) is 18.9 Å².